The van der Waals surface area contributed by atoms with Crippen molar-refractivity contribution in [1.82, 2.24) is 83.3 Å². The van der Waals surface area contributed by atoms with E-state index in [1.165, 1.54) is 77.0 Å². The first kappa shape index (κ1) is 86.6. The standard InChI is InChI=1S/C24H25FN4O3.C23H23FN4O3.C22H21FN4O3.C21H21FN4O3/c1-32-23-18(24(31)26-14-21(30)27-17-4-2-3-5-17)11-13-20-22(23)19(28-29-20)12-8-15-6-9-16(25)10-7-15;1-31-22-17(23(30)25-13-20(29)26-16-3-2-4-16)10-12-19-21(22)18(27-28-19)11-7-14-5-8-15(24)9-6-14;1-30-21-16(22(29)24-12-19(28)25-15-7-8-15)9-11-18-20(21)17(26-27-18)10-4-13-2-5-14(23)6-3-13;1-3-23-18(27)12-24-21(28)15-9-11-17-19(20(15)29-2)16(25-26-17)10-6-13-4-7-14(22)8-5-13/h6-13,17H,2-5,14H2,1H3,(H,26,31)(H,27,30)(H,28,29);5-12,16H,2-4,13H2,1H3,(H,25,30)(H,26,29)(H,27,28);2-6,9-11,15H,7-8,12H2,1H3,(H,24,29)(H,25,28)(H,26,27);4-11H,3,12H2,1-2H3,(H,23,27)(H,24,28)(H,25,26)/b12-8+;11-7+;10-4+;10-6+. The molecule has 0 atom stereocenters. The number of hydrogen-bond donors (Lipinski definition) is 12. The van der Waals surface area contributed by atoms with Gasteiger partial charge in [-0.25, -0.2) is 17.6 Å². The molecule has 122 heavy (non-hydrogen) atoms. The van der Waals surface area contributed by atoms with Crippen LogP contribution in [-0.4, -0.2) is 167 Å². The number of halogens is 4. The Morgan fingerprint density at radius 1 is 0.320 bits per heavy atom. The highest BCUT2D eigenvalue weighted by Crippen LogP contribution is 2.37. The molecule has 15 rings (SSSR count). The van der Waals surface area contributed by atoms with Crippen molar-refractivity contribution in [3.05, 3.63) is 236 Å². The summed E-state index contributed by atoms with van der Waals surface area (Å²) in [5.41, 5.74) is 9.58. The summed E-state index contributed by atoms with van der Waals surface area (Å²) in [5, 5.41) is 53.2. The number of likely N-dealkylation sites (N-methyl/N-ethyl adjacent to an activating group) is 1. The molecule has 0 spiro atoms. The number of nitrogens with one attached hydrogen (secondary N) is 12. The zero-order valence-corrected chi connectivity index (χ0v) is 67.3. The van der Waals surface area contributed by atoms with Crippen LogP contribution in [0.3, 0.4) is 0 Å². The summed E-state index contributed by atoms with van der Waals surface area (Å²) in [6, 6.07) is 38.3. The molecule has 8 amide bonds. The number of methoxy groups -OCH3 is 4. The van der Waals surface area contributed by atoms with Gasteiger partial charge in [0, 0.05) is 24.7 Å². The average Bonchev–Trinajstić information content (AvgIpc) is 1.63. The smallest absolute Gasteiger partial charge is 0.255 e. The molecule has 4 heterocycles. The summed E-state index contributed by atoms with van der Waals surface area (Å²) < 4.78 is 74.5. The molecule has 630 valence electrons. The van der Waals surface area contributed by atoms with Gasteiger partial charge in [0.05, 0.1) is 143 Å². The van der Waals surface area contributed by atoms with Gasteiger partial charge in [-0.1, -0.05) is 85.7 Å². The van der Waals surface area contributed by atoms with Gasteiger partial charge < -0.3 is 61.5 Å². The van der Waals surface area contributed by atoms with E-state index in [0.717, 1.165) is 80.0 Å². The third-order valence-electron chi connectivity index (χ3n) is 20.0. The van der Waals surface area contributed by atoms with Crippen molar-refractivity contribution >= 4 is 139 Å². The van der Waals surface area contributed by atoms with Crippen LogP contribution >= 0.6 is 0 Å². The number of ether oxygens (including phenoxy) is 4. The van der Waals surface area contributed by atoms with E-state index in [4.69, 9.17) is 18.9 Å². The highest BCUT2D eigenvalue weighted by molar-refractivity contribution is 6.10. The van der Waals surface area contributed by atoms with E-state index in [0.29, 0.717) is 118 Å². The first-order valence-corrected chi connectivity index (χ1v) is 39.4. The van der Waals surface area contributed by atoms with E-state index in [-0.39, 0.29) is 91.2 Å². The van der Waals surface area contributed by atoms with Gasteiger partial charge in [0.15, 0.2) is 0 Å². The predicted molar refractivity (Wildman–Crippen MR) is 457 cm³/mol. The molecule has 12 N–H and O–H groups in total. The minimum absolute atomic E-state index is 0.0980. The molecule has 0 aliphatic heterocycles. The summed E-state index contributed by atoms with van der Waals surface area (Å²) in [6.07, 6.45) is 23.7. The van der Waals surface area contributed by atoms with Crippen LogP contribution in [0.4, 0.5) is 17.6 Å². The largest absolute Gasteiger partial charge is 0.495 e. The molecular weight excluding hydrogens is 1570 g/mol. The lowest BCUT2D eigenvalue weighted by molar-refractivity contribution is -0.122. The fourth-order valence-electron chi connectivity index (χ4n) is 13.4. The van der Waals surface area contributed by atoms with Crippen LogP contribution in [-0.2, 0) is 19.2 Å². The van der Waals surface area contributed by atoms with E-state index in [2.05, 4.69) is 83.3 Å². The zero-order chi connectivity index (χ0) is 86.2. The van der Waals surface area contributed by atoms with Crippen molar-refractivity contribution in [3.63, 3.8) is 0 Å². The molecule has 28 nitrogen and oxygen atoms in total. The van der Waals surface area contributed by atoms with Crippen molar-refractivity contribution in [3.8, 4) is 23.0 Å². The van der Waals surface area contributed by atoms with Crippen molar-refractivity contribution in [2.45, 2.75) is 82.8 Å². The van der Waals surface area contributed by atoms with E-state index in [1.54, 1.807) is 140 Å². The van der Waals surface area contributed by atoms with Crippen molar-refractivity contribution in [1.29, 1.82) is 0 Å². The number of carbonyl (C=O) groups is 8. The zero-order valence-electron chi connectivity index (χ0n) is 67.3. The van der Waals surface area contributed by atoms with Gasteiger partial charge in [0.1, 0.15) is 46.3 Å². The molecule has 3 aliphatic rings. The topological polar surface area (TPSA) is 384 Å². The second kappa shape index (κ2) is 41.6. The highest BCUT2D eigenvalue weighted by Gasteiger charge is 2.28. The number of nitrogens with zero attached hydrogens (tertiary/aromatic N) is 4. The number of amides is 8. The molecule has 32 heteroatoms. The van der Waals surface area contributed by atoms with Gasteiger partial charge in [-0.15, -0.1) is 0 Å². The molecular formula is C90H90F4N16O12. The summed E-state index contributed by atoms with van der Waals surface area (Å²) in [5.74, 6) is -2.30. The summed E-state index contributed by atoms with van der Waals surface area (Å²) in [6.45, 7) is 1.87. The minimum atomic E-state index is -0.426. The van der Waals surface area contributed by atoms with Crippen LogP contribution < -0.4 is 61.5 Å². The Bertz CT molecular complexity index is 5890. The first-order chi connectivity index (χ1) is 59.2. The fourth-order valence-corrected chi connectivity index (χ4v) is 13.4. The van der Waals surface area contributed by atoms with Gasteiger partial charge in [-0.3, -0.25) is 58.8 Å². The monoisotopic (exact) mass is 1660 g/mol. The van der Waals surface area contributed by atoms with Gasteiger partial charge in [-0.05, 0) is 195 Å². The molecule has 0 radical (unpaired) electrons. The fraction of sp³-hybridized carbons (Fsp3) is 0.244. The van der Waals surface area contributed by atoms with E-state index in [1.807, 2.05) is 12.2 Å². The van der Waals surface area contributed by atoms with Crippen LogP contribution in [0.2, 0.25) is 0 Å². The van der Waals surface area contributed by atoms with E-state index >= 15 is 0 Å². The van der Waals surface area contributed by atoms with Crippen LogP contribution in [0.1, 0.15) is 151 Å². The van der Waals surface area contributed by atoms with Gasteiger partial charge in [0.25, 0.3) is 23.6 Å². The Hall–Kier alpha value is -14.7. The second-order valence-corrected chi connectivity index (χ2v) is 28.5. The Labute approximate surface area is 697 Å². The first-order valence-electron chi connectivity index (χ1n) is 39.4. The minimum Gasteiger partial charge on any atom is -0.495 e. The third kappa shape index (κ3) is 22.8. The SMILES string of the molecule is CCNC(=O)CNC(=O)c1ccc2n[nH]c(/C=C/c3ccc(F)cc3)c2c1OC.COc1c(C(=O)NCC(=O)NC2CC2)ccc2n[nH]c(/C=C/c3ccc(F)cc3)c12.COc1c(C(=O)NCC(=O)NC2CCC2)ccc2n[nH]c(/C=C/c3ccc(F)cc3)c12.COc1c(C(=O)NCC(=O)NC2CCCC2)ccc2n[nH]c(/C=C/c3ccc(F)cc3)c12. The van der Waals surface area contributed by atoms with Crippen LogP contribution in [0, 0.1) is 23.3 Å². The summed E-state index contributed by atoms with van der Waals surface area (Å²) in [4.78, 5) is 98.3. The number of aromatic amines is 4. The highest BCUT2D eigenvalue weighted by atomic mass is 19.1. The molecule has 0 saturated heterocycles. The molecule has 3 aliphatic carbocycles. The maximum atomic E-state index is 13.1. The number of hydrogen-bond acceptors (Lipinski definition) is 16. The Kier molecular flexibility index (Phi) is 29.5. The molecule has 3 saturated carbocycles. The van der Waals surface area contributed by atoms with Crippen molar-refractivity contribution < 1.29 is 74.9 Å². The van der Waals surface area contributed by atoms with Crippen LogP contribution in [0.15, 0.2) is 146 Å². The number of carbonyl (C=O) groups excluding carboxylic acids is 8. The Balaban J connectivity index is 0.000000149. The lowest BCUT2D eigenvalue weighted by atomic mass is 9.93. The van der Waals surface area contributed by atoms with Crippen LogP contribution in [0.5, 0.6) is 23.0 Å². The number of rotatable bonds is 28. The lowest BCUT2D eigenvalue weighted by Crippen LogP contribution is -2.44. The van der Waals surface area contributed by atoms with Crippen molar-refractivity contribution in [2.75, 3.05) is 61.2 Å². The Morgan fingerprint density at radius 2 is 0.557 bits per heavy atom. The summed E-state index contributed by atoms with van der Waals surface area (Å²) in [7, 11) is 5.91. The average molecular weight is 1660 g/mol. The maximum absolute atomic E-state index is 13.1. The number of aromatic nitrogens is 8. The van der Waals surface area contributed by atoms with Gasteiger partial charge in [-0.2, -0.15) is 20.4 Å². The summed E-state index contributed by atoms with van der Waals surface area (Å²) >= 11 is 0. The van der Waals surface area contributed by atoms with Gasteiger partial charge >= 0.3 is 0 Å². The van der Waals surface area contributed by atoms with E-state index < -0.39 is 23.6 Å². The number of fused-ring (bicyclic) bond motifs is 4. The predicted octanol–water partition coefficient (Wildman–Crippen LogP) is 12.6. The van der Waals surface area contributed by atoms with Gasteiger partial charge in [0.2, 0.25) is 23.6 Å². The molecule has 12 aromatic rings. The molecule has 0 bridgehead atoms. The molecule has 8 aromatic carbocycles. The normalized spacial score (nSPS) is 13.2. The second-order valence-electron chi connectivity index (χ2n) is 28.5. The lowest BCUT2D eigenvalue weighted by Gasteiger charge is -2.26. The molecule has 0 unspecified atom stereocenters. The quantitative estimate of drug-likeness (QED) is 0.0203. The number of H-pyrrole nitrogens is 4. The van der Waals surface area contributed by atoms with Crippen molar-refractivity contribution in [2.24, 2.45) is 0 Å². The molecule has 4 aromatic heterocycles. The molecule has 3 fully saturated rings. The number of benzene rings is 8. The van der Waals surface area contributed by atoms with E-state index in [9.17, 15) is 55.9 Å². The van der Waals surface area contributed by atoms with Crippen LogP contribution in [0.25, 0.3) is 92.2 Å². The Morgan fingerprint density at radius 3 is 0.779 bits per heavy atom. The maximum Gasteiger partial charge on any atom is 0.255 e. The third-order valence-corrected chi connectivity index (χ3v) is 20.0.